The highest BCUT2D eigenvalue weighted by molar-refractivity contribution is 5.33. The molecule has 134 valence electrons. The lowest BCUT2D eigenvalue weighted by Gasteiger charge is -2.34. The summed E-state index contributed by atoms with van der Waals surface area (Å²) in [5.41, 5.74) is 1.94. The first-order valence-electron chi connectivity index (χ1n) is 9.11. The number of aromatic nitrogens is 3. The Bertz CT molecular complexity index is 785. The number of nitrogens with zero attached hydrogens (tertiary/aromatic N) is 4. The molecule has 0 radical (unpaired) electrons. The number of hydrogen-bond acceptors (Lipinski definition) is 6. The Kier molecular flexibility index (Phi) is 4.33. The van der Waals surface area contributed by atoms with Crippen molar-refractivity contribution in [3.8, 4) is 0 Å². The molecular weight excluding hydrogens is 318 g/mol. The molecule has 0 atom stereocenters. The fourth-order valence-electron chi connectivity index (χ4n) is 3.40. The van der Waals surface area contributed by atoms with Gasteiger partial charge in [0, 0.05) is 50.6 Å². The second kappa shape index (κ2) is 6.63. The number of oxazole rings is 1. The summed E-state index contributed by atoms with van der Waals surface area (Å²) in [5.74, 6) is 2.53. The molecule has 1 aliphatic heterocycles. The van der Waals surface area contributed by atoms with Crippen LogP contribution in [0.3, 0.4) is 0 Å². The van der Waals surface area contributed by atoms with Crippen LogP contribution in [-0.2, 0) is 6.54 Å². The fraction of sp³-hybridized carbons (Fsp3) is 0.611. The Labute approximate surface area is 147 Å². The summed E-state index contributed by atoms with van der Waals surface area (Å²) in [5, 5.41) is 0. The Hall–Kier alpha value is -2.15. The van der Waals surface area contributed by atoms with Crippen LogP contribution in [0.15, 0.2) is 21.7 Å². The van der Waals surface area contributed by atoms with Crippen LogP contribution < -0.4 is 10.5 Å². The van der Waals surface area contributed by atoms with Gasteiger partial charge in [0.25, 0.3) is 5.56 Å². The van der Waals surface area contributed by atoms with E-state index in [0.717, 1.165) is 68.7 Å². The minimum Gasteiger partial charge on any atom is -0.448 e. The largest absolute Gasteiger partial charge is 0.448 e. The molecule has 7 heteroatoms. The zero-order chi connectivity index (χ0) is 17.4. The third-order valence-electron chi connectivity index (χ3n) is 4.99. The third kappa shape index (κ3) is 3.61. The molecule has 0 unspecified atom stereocenters. The van der Waals surface area contributed by atoms with Crippen LogP contribution in [0.5, 0.6) is 0 Å². The molecule has 0 spiro atoms. The van der Waals surface area contributed by atoms with Crippen molar-refractivity contribution in [3.05, 3.63) is 40.0 Å². The van der Waals surface area contributed by atoms with Gasteiger partial charge in [-0.05, 0) is 12.8 Å². The Balaban J connectivity index is 1.40. The van der Waals surface area contributed by atoms with E-state index in [9.17, 15) is 4.79 Å². The van der Waals surface area contributed by atoms with Crippen LogP contribution in [0.25, 0.3) is 0 Å². The number of piperazine rings is 1. The molecule has 0 bridgehead atoms. The van der Waals surface area contributed by atoms with Gasteiger partial charge in [0.15, 0.2) is 6.39 Å². The summed E-state index contributed by atoms with van der Waals surface area (Å²) < 4.78 is 5.51. The number of H-pyrrole nitrogens is 1. The second-order valence-electron chi connectivity index (χ2n) is 7.35. The minimum absolute atomic E-state index is 0.0431. The second-order valence-corrected chi connectivity index (χ2v) is 7.35. The number of rotatable bonds is 5. The maximum Gasteiger partial charge on any atom is 0.252 e. The first-order valence-corrected chi connectivity index (χ1v) is 9.11. The van der Waals surface area contributed by atoms with Gasteiger partial charge in [-0.15, -0.1) is 0 Å². The van der Waals surface area contributed by atoms with Crippen LogP contribution in [0.1, 0.15) is 55.7 Å². The highest BCUT2D eigenvalue weighted by Gasteiger charge is 2.27. The highest BCUT2D eigenvalue weighted by atomic mass is 16.3. The van der Waals surface area contributed by atoms with Crippen LogP contribution in [0.4, 0.5) is 5.95 Å². The van der Waals surface area contributed by atoms with Gasteiger partial charge in [-0.25, -0.2) is 9.97 Å². The van der Waals surface area contributed by atoms with Gasteiger partial charge in [0.2, 0.25) is 5.95 Å². The van der Waals surface area contributed by atoms with Gasteiger partial charge >= 0.3 is 0 Å². The van der Waals surface area contributed by atoms with Gasteiger partial charge in [-0.1, -0.05) is 13.8 Å². The summed E-state index contributed by atoms with van der Waals surface area (Å²) >= 11 is 0. The molecule has 2 aliphatic rings. The van der Waals surface area contributed by atoms with Crippen molar-refractivity contribution in [3.63, 3.8) is 0 Å². The number of aromatic amines is 1. The fourth-order valence-corrected chi connectivity index (χ4v) is 3.40. The van der Waals surface area contributed by atoms with Gasteiger partial charge < -0.3 is 9.32 Å². The first-order chi connectivity index (χ1) is 12.1. The quantitative estimate of drug-likeness (QED) is 0.895. The third-order valence-corrected chi connectivity index (χ3v) is 4.99. The van der Waals surface area contributed by atoms with Gasteiger partial charge in [0.05, 0.1) is 11.4 Å². The van der Waals surface area contributed by atoms with Crippen LogP contribution in [0.2, 0.25) is 0 Å². The lowest BCUT2D eigenvalue weighted by molar-refractivity contribution is 0.244. The zero-order valence-corrected chi connectivity index (χ0v) is 14.9. The van der Waals surface area contributed by atoms with Crippen molar-refractivity contribution >= 4 is 5.95 Å². The van der Waals surface area contributed by atoms with Crippen LogP contribution in [-0.4, -0.2) is 46.0 Å². The molecule has 2 aromatic heterocycles. The molecule has 1 N–H and O–H groups in total. The van der Waals surface area contributed by atoms with Crippen molar-refractivity contribution in [1.29, 1.82) is 0 Å². The minimum atomic E-state index is -0.0431. The molecule has 1 saturated carbocycles. The highest BCUT2D eigenvalue weighted by Crippen LogP contribution is 2.38. The average molecular weight is 343 g/mol. The van der Waals surface area contributed by atoms with Crippen LogP contribution >= 0.6 is 0 Å². The van der Waals surface area contributed by atoms with E-state index in [0.29, 0.717) is 11.8 Å². The monoisotopic (exact) mass is 343 g/mol. The van der Waals surface area contributed by atoms with Gasteiger partial charge in [0.1, 0.15) is 5.76 Å². The van der Waals surface area contributed by atoms with Crippen molar-refractivity contribution in [2.45, 2.75) is 45.1 Å². The van der Waals surface area contributed by atoms with E-state index in [1.807, 2.05) is 0 Å². The number of nitrogens with one attached hydrogen (secondary N) is 1. The molecular formula is C18H25N5O2. The molecule has 1 aliphatic carbocycles. The van der Waals surface area contributed by atoms with E-state index in [1.54, 1.807) is 12.5 Å². The summed E-state index contributed by atoms with van der Waals surface area (Å²) in [6.07, 6.45) is 3.85. The summed E-state index contributed by atoms with van der Waals surface area (Å²) in [4.78, 5) is 28.4. The average Bonchev–Trinajstić information content (AvgIpc) is 3.34. The summed E-state index contributed by atoms with van der Waals surface area (Å²) in [6, 6.07) is 1.65. The standard InChI is InChI=1S/C18H25N5O2/c1-12(2)17-15(19-11-25-17)10-22-5-7-23(8-6-22)18-20-14(13-3-4-13)9-16(24)21-18/h9,11-13H,3-8,10H2,1-2H3,(H,20,21,24). The Morgan fingerprint density at radius 2 is 2.04 bits per heavy atom. The topological polar surface area (TPSA) is 78.3 Å². The predicted molar refractivity (Wildman–Crippen MR) is 94.9 cm³/mol. The summed E-state index contributed by atoms with van der Waals surface area (Å²) in [7, 11) is 0. The predicted octanol–water partition coefficient (Wildman–Crippen LogP) is 2.08. The molecule has 2 fully saturated rings. The van der Waals surface area contributed by atoms with Crippen molar-refractivity contribution < 1.29 is 4.42 Å². The zero-order valence-electron chi connectivity index (χ0n) is 14.9. The molecule has 0 amide bonds. The maximum absolute atomic E-state index is 11.9. The van der Waals surface area contributed by atoms with Gasteiger partial charge in [-0.3, -0.25) is 14.7 Å². The SMILES string of the molecule is CC(C)c1ocnc1CN1CCN(c2nc(C3CC3)cc(=O)[nH]2)CC1. The van der Waals surface area contributed by atoms with Crippen molar-refractivity contribution in [2.75, 3.05) is 31.1 Å². The van der Waals surface area contributed by atoms with Crippen molar-refractivity contribution in [2.24, 2.45) is 0 Å². The van der Waals surface area contributed by atoms with E-state index in [4.69, 9.17) is 4.42 Å². The maximum atomic E-state index is 11.9. The molecule has 2 aromatic rings. The molecule has 0 aromatic carbocycles. The lowest BCUT2D eigenvalue weighted by Crippen LogP contribution is -2.47. The molecule has 7 nitrogen and oxygen atoms in total. The van der Waals surface area contributed by atoms with E-state index < -0.39 is 0 Å². The van der Waals surface area contributed by atoms with E-state index in [-0.39, 0.29) is 5.56 Å². The van der Waals surface area contributed by atoms with Gasteiger partial charge in [-0.2, -0.15) is 0 Å². The number of hydrogen-bond donors (Lipinski definition) is 1. The first kappa shape index (κ1) is 16.3. The van der Waals surface area contributed by atoms with Crippen molar-refractivity contribution in [1.82, 2.24) is 19.9 Å². The lowest BCUT2D eigenvalue weighted by atomic mass is 10.1. The molecule has 4 rings (SSSR count). The molecule has 3 heterocycles. The number of anilines is 1. The summed E-state index contributed by atoms with van der Waals surface area (Å²) in [6.45, 7) is 8.60. The normalized spacial score (nSPS) is 18.9. The smallest absolute Gasteiger partial charge is 0.252 e. The Morgan fingerprint density at radius 3 is 2.72 bits per heavy atom. The van der Waals surface area contributed by atoms with E-state index in [1.165, 1.54) is 0 Å². The molecule has 1 saturated heterocycles. The Morgan fingerprint density at radius 1 is 1.28 bits per heavy atom. The molecule has 25 heavy (non-hydrogen) atoms. The van der Waals surface area contributed by atoms with Crippen LogP contribution in [0, 0.1) is 0 Å². The van der Waals surface area contributed by atoms with E-state index >= 15 is 0 Å². The van der Waals surface area contributed by atoms with E-state index in [2.05, 4.69) is 38.6 Å².